The van der Waals surface area contributed by atoms with Crippen LogP contribution in [0.4, 0.5) is 26.3 Å². The van der Waals surface area contributed by atoms with Gasteiger partial charge in [-0.05, 0) is 0 Å². The first kappa shape index (κ1) is 16.0. The molecule has 1 aromatic rings. The number of aromatic carboxylic acids is 1. The zero-order chi connectivity index (χ0) is 15.7. The molecular weight excluding hydrogens is 298 g/mol. The third-order valence-corrected chi connectivity index (χ3v) is 2.06. The Morgan fingerprint density at radius 3 is 2.20 bits per heavy atom. The van der Waals surface area contributed by atoms with Crippen LogP contribution in [0.2, 0.25) is 0 Å². The van der Waals surface area contributed by atoms with Gasteiger partial charge in [-0.15, -0.1) is 13.2 Å². The van der Waals surface area contributed by atoms with Crippen LogP contribution in [0.5, 0.6) is 5.75 Å². The van der Waals surface area contributed by atoms with Gasteiger partial charge in [0.2, 0.25) is 0 Å². The maximum atomic E-state index is 12.6. The van der Waals surface area contributed by atoms with Gasteiger partial charge in [0.05, 0.1) is 11.8 Å². The molecule has 11 heteroatoms. The molecule has 20 heavy (non-hydrogen) atoms. The van der Waals surface area contributed by atoms with Gasteiger partial charge in [-0.3, -0.25) is 0 Å². The number of carboxylic acid groups (broad SMARTS) is 1. The summed E-state index contributed by atoms with van der Waals surface area (Å²) in [6, 6.07) is 0. The van der Waals surface area contributed by atoms with Gasteiger partial charge in [0.25, 0.3) is 0 Å². The standard InChI is InChI=1S/C9H6F6N2O3/c10-8(11,12)6-5(7(18)19)3(1-16)4(2-17-6)20-9(13,14)15/h2H,1,16H2,(H,18,19). The van der Waals surface area contributed by atoms with Crippen molar-refractivity contribution in [2.24, 2.45) is 5.73 Å². The number of carbonyl (C=O) groups is 1. The minimum absolute atomic E-state index is 0.130. The summed E-state index contributed by atoms with van der Waals surface area (Å²) < 4.78 is 77.3. The number of halogens is 6. The molecule has 0 saturated carbocycles. The molecule has 1 heterocycles. The van der Waals surface area contributed by atoms with Crippen LogP contribution in [0.25, 0.3) is 0 Å². The highest BCUT2D eigenvalue weighted by molar-refractivity contribution is 5.91. The van der Waals surface area contributed by atoms with Crippen molar-refractivity contribution in [2.45, 2.75) is 19.1 Å². The summed E-state index contributed by atoms with van der Waals surface area (Å²) in [4.78, 5) is 13.5. The molecule has 112 valence electrons. The van der Waals surface area contributed by atoms with Crippen molar-refractivity contribution in [3.63, 3.8) is 0 Å². The lowest BCUT2D eigenvalue weighted by Gasteiger charge is -2.17. The summed E-state index contributed by atoms with van der Waals surface area (Å²) in [7, 11) is 0. The minimum atomic E-state index is -5.22. The molecule has 5 nitrogen and oxygen atoms in total. The van der Waals surface area contributed by atoms with Crippen LogP contribution >= 0.6 is 0 Å². The molecule has 0 atom stereocenters. The van der Waals surface area contributed by atoms with Gasteiger partial charge in [0.15, 0.2) is 11.4 Å². The normalized spacial score (nSPS) is 12.3. The predicted octanol–water partition coefficient (Wildman–Crippen LogP) is 2.16. The van der Waals surface area contributed by atoms with Gasteiger partial charge in [-0.2, -0.15) is 13.2 Å². The molecule has 0 aliphatic carbocycles. The molecule has 1 aromatic heterocycles. The molecule has 0 aliphatic heterocycles. The molecule has 0 radical (unpaired) electrons. The SMILES string of the molecule is NCc1c(OC(F)(F)F)cnc(C(F)(F)F)c1C(=O)O. The topological polar surface area (TPSA) is 85.4 Å². The number of nitrogens with two attached hydrogens (primary N) is 1. The van der Waals surface area contributed by atoms with Crippen molar-refractivity contribution in [3.05, 3.63) is 23.0 Å². The highest BCUT2D eigenvalue weighted by Gasteiger charge is 2.41. The van der Waals surface area contributed by atoms with Crippen LogP contribution in [0.3, 0.4) is 0 Å². The Kier molecular flexibility index (Phi) is 4.12. The largest absolute Gasteiger partial charge is 0.573 e. The van der Waals surface area contributed by atoms with Gasteiger partial charge in [-0.25, -0.2) is 9.78 Å². The molecule has 0 unspecified atom stereocenters. The molecular formula is C9H6F6N2O3. The lowest BCUT2D eigenvalue weighted by molar-refractivity contribution is -0.275. The molecule has 0 saturated heterocycles. The van der Waals surface area contributed by atoms with Gasteiger partial charge >= 0.3 is 18.5 Å². The Morgan fingerprint density at radius 2 is 1.85 bits per heavy atom. The number of carboxylic acids is 1. The van der Waals surface area contributed by atoms with Crippen LogP contribution < -0.4 is 10.5 Å². The third kappa shape index (κ3) is 3.50. The van der Waals surface area contributed by atoms with Crippen LogP contribution in [0, 0.1) is 0 Å². The first-order valence-corrected chi connectivity index (χ1v) is 4.75. The summed E-state index contributed by atoms with van der Waals surface area (Å²) in [5.41, 5.74) is 0.750. The summed E-state index contributed by atoms with van der Waals surface area (Å²) in [5.74, 6) is -3.30. The van der Waals surface area contributed by atoms with Gasteiger partial charge in [0, 0.05) is 12.1 Å². The third-order valence-electron chi connectivity index (χ3n) is 2.06. The van der Waals surface area contributed by atoms with E-state index in [-0.39, 0.29) is 6.20 Å². The molecule has 0 fully saturated rings. The van der Waals surface area contributed by atoms with Crippen molar-refractivity contribution >= 4 is 5.97 Å². The summed E-state index contributed by atoms with van der Waals surface area (Å²) in [6.45, 7) is -0.904. The minimum Gasteiger partial charge on any atom is -0.478 e. The van der Waals surface area contributed by atoms with E-state index < -0.39 is 47.6 Å². The van der Waals surface area contributed by atoms with E-state index in [1.807, 2.05) is 0 Å². The number of nitrogens with zero attached hydrogens (tertiary/aromatic N) is 1. The number of alkyl halides is 6. The summed E-state index contributed by atoms with van der Waals surface area (Å²) in [6.07, 6.45) is -10.2. The van der Waals surface area contributed by atoms with E-state index >= 15 is 0 Å². The maximum absolute atomic E-state index is 12.6. The first-order chi connectivity index (χ1) is 8.97. The average molecular weight is 304 g/mol. The molecule has 0 aliphatic rings. The van der Waals surface area contributed by atoms with E-state index in [4.69, 9.17) is 10.8 Å². The number of hydrogen-bond acceptors (Lipinski definition) is 4. The van der Waals surface area contributed by atoms with Crippen LogP contribution in [0.15, 0.2) is 6.20 Å². The van der Waals surface area contributed by atoms with Gasteiger partial charge in [0.1, 0.15) is 0 Å². The van der Waals surface area contributed by atoms with Crippen LogP contribution in [-0.2, 0) is 12.7 Å². The lowest BCUT2D eigenvalue weighted by Crippen LogP contribution is -2.23. The summed E-state index contributed by atoms with van der Waals surface area (Å²) >= 11 is 0. The Balaban J connectivity index is 3.54. The second-order valence-electron chi connectivity index (χ2n) is 3.38. The monoisotopic (exact) mass is 304 g/mol. The Morgan fingerprint density at radius 1 is 1.30 bits per heavy atom. The van der Waals surface area contributed by atoms with Gasteiger partial charge < -0.3 is 15.6 Å². The zero-order valence-electron chi connectivity index (χ0n) is 9.34. The molecule has 0 bridgehead atoms. The lowest BCUT2D eigenvalue weighted by atomic mass is 10.1. The van der Waals surface area contributed by atoms with E-state index in [2.05, 4.69) is 9.72 Å². The zero-order valence-corrected chi connectivity index (χ0v) is 9.34. The Hall–Kier alpha value is -2.04. The number of ether oxygens (including phenoxy) is 1. The Labute approximate surface area is 107 Å². The fraction of sp³-hybridized carbons (Fsp3) is 0.333. The van der Waals surface area contributed by atoms with E-state index in [1.165, 1.54) is 0 Å². The van der Waals surface area contributed by atoms with Crippen molar-refractivity contribution in [3.8, 4) is 5.75 Å². The van der Waals surface area contributed by atoms with Crippen molar-refractivity contribution < 1.29 is 41.0 Å². The highest BCUT2D eigenvalue weighted by atomic mass is 19.4. The highest BCUT2D eigenvalue weighted by Crippen LogP contribution is 2.36. The maximum Gasteiger partial charge on any atom is 0.573 e. The van der Waals surface area contributed by atoms with Crippen molar-refractivity contribution in [1.82, 2.24) is 4.98 Å². The predicted molar refractivity (Wildman–Crippen MR) is 50.8 cm³/mol. The van der Waals surface area contributed by atoms with E-state index in [0.717, 1.165) is 0 Å². The second kappa shape index (κ2) is 5.15. The molecule has 0 aromatic carbocycles. The fourth-order valence-corrected chi connectivity index (χ4v) is 1.39. The van der Waals surface area contributed by atoms with Gasteiger partial charge in [-0.1, -0.05) is 0 Å². The van der Waals surface area contributed by atoms with Crippen LogP contribution in [0.1, 0.15) is 21.6 Å². The van der Waals surface area contributed by atoms with Crippen molar-refractivity contribution in [1.29, 1.82) is 0 Å². The van der Waals surface area contributed by atoms with Crippen LogP contribution in [-0.4, -0.2) is 22.4 Å². The average Bonchev–Trinajstić information content (AvgIpc) is 2.24. The molecule has 0 amide bonds. The summed E-state index contributed by atoms with van der Waals surface area (Å²) in [5, 5.41) is 8.73. The molecule has 3 N–H and O–H groups in total. The number of rotatable bonds is 3. The quantitative estimate of drug-likeness (QED) is 0.836. The van der Waals surface area contributed by atoms with Crippen molar-refractivity contribution in [2.75, 3.05) is 0 Å². The molecule has 0 spiro atoms. The fourth-order valence-electron chi connectivity index (χ4n) is 1.39. The molecule has 1 rings (SSSR count). The Bertz CT molecular complexity index is 526. The first-order valence-electron chi connectivity index (χ1n) is 4.75. The van der Waals surface area contributed by atoms with E-state index in [1.54, 1.807) is 0 Å². The number of aromatic nitrogens is 1. The van der Waals surface area contributed by atoms with E-state index in [9.17, 15) is 31.1 Å². The van der Waals surface area contributed by atoms with E-state index in [0.29, 0.717) is 0 Å². The second-order valence-corrected chi connectivity index (χ2v) is 3.38. The number of pyridine rings is 1. The number of hydrogen-bond donors (Lipinski definition) is 2. The smallest absolute Gasteiger partial charge is 0.478 e.